The number of hydrogen-bond donors (Lipinski definition) is 0. The number of anilines is 1. The monoisotopic (exact) mass is 543 g/mol. The number of piperidine rings is 1. The van der Waals surface area contributed by atoms with E-state index in [-0.39, 0.29) is 29.0 Å². The molecule has 0 N–H and O–H groups in total. The third-order valence-corrected chi connectivity index (χ3v) is 9.64. The van der Waals surface area contributed by atoms with Gasteiger partial charge in [-0.15, -0.1) is 21.5 Å². The molecule has 3 aromatic rings. The number of hydrogen-bond acceptors (Lipinski definition) is 5. The lowest BCUT2D eigenvalue weighted by Crippen LogP contribution is -2.33. The van der Waals surface area contributed by atoms with Crippen LogP contribution in [0.25, 0.3) is 0 Å². The van der Waals surface area contributed by atoms with Gasteiger partial charge in [0.25, 0.3) is 5.91 Å². The van der Waals surface area contributed by atoms with Crippen LogP contribution in [0.15, 0.2) is 29.9 Å². The standard InChI is InChI=1S/C28H32F3N5OS/c1-18-6-5-9-35(13-18)14-19-10-21-22(23(11-19)28(29,30)31)15-36(25(21)37)20-12-24(38-16-20)27(7-3-4-8-27)26-33-32-17-34(26)2/h10-12,16-18H,3-9,13-15H2,1-2H3/t18-/m0/s1. The quantitative estimate of drug-likeness (QED) is 0.388. The maximum absolute atomic E-state index is 14.2. The van der Waals surface area contributed by atoms with E-state index in [0.29, 0.717) is 23.7 Å². The van der Waals surface area contributed by atoms with Crippen LogP contribution in [0, 0.1) is 5.92 Å². The Labute approximate surface area is 224 Å². The summed E-state index contributed by atoms with van der Waals surface area (Å²) >= 11 is 1.55. The summed E-state index contributed by atoms with van der Waals surface area (Å²) < 4.78 is 44.6. The summed E-state index contributed by atoms with van der Waals surface area (Å²) in [5, 5.41) is 10.4. The zero-order valence-electron chi connectivity index (χ0n) is 21.7. The van der Waals surface area contributed by atoms with Crippen LogP contribution in [0.3, 0.4) is 0 Å². The number of halogens is 3. The molecule has 0 bridgehead atoms. The van der Waals surface area contributed by atoms with Gasteiger partial charge in [-0.05, 0) is 67.5 Å². The fourth-order valence-electron chi connectivity index (χ4n) is 6.70. The van der Waals surface area contributed by atoms with E-state index in [2.05, 4.69) is 22.0 Å². The van der Waals surface area contributed by atoms with E-state index in [9.17, 15) is 18.0 Å². The van der Waals surface area contributed by atoms with Crippen LogP contribution in [-0.2, 0) is 31.7 Å². The predicted octanol–water partition coefficient (Wildman–Crippen LogP) is 6.15. The van der Waals surface area contributed by atoms with Gasteiger partial charge in [-0.2, -0.15) is 13.2 Å². The number of likely N-dealkylation sites (tertiary alicyclic amines) is 1. The second kappa shape index (κ2) is 9.48. The highest BCUT2D eigenvalue weighted by molar-refractivity contribution is 7.10. The third-order valence-electron chi connectivity index (χ3n) is 8.52. The van der Waals surface area contributed by atoms with Gasteiger partial charge in [-0.1, -0.05) is 19.8 Å². The smallest absolute Gasteiger partial charge is 0.320 e. The van der Waals surface area contributed by atoms with Crippen molar-refractivity contribution >= 4 is 22.9 Å². The first-order valence-electron chi connectivity index (χ1n) is 13.4. The van der Waals surface area contributed by atoms with Gasteiger partial charge in [0.2, 0.25) is 0 Å². The minimum atomic E-state index is -4.52. The summed E-state index contributed by atoms with van der Waals surface area (Å²) in [5.74, 6) is 1.06. The molecule has 1 aliphatic carbocycles. The lowest BCUT2D eigenvalue weighted by molar-refractivity contribution is -0.138. The van der Waals surface area contributed by atoms with Gasteiger partial charge in [0.05, 0.1) is 23.2 Å². The highest BCUT2D eigenvalue weighted by Gasteiger charge is 2.44. The average Bonchev–Trinajstić information content (AvgIpc) is 3.65. The van der Waals surface area contributed by atoms with Crippen molar-refractivity contribution in [3.05, 3.63) is 62.9 Å². The van der Waals surface area contributed by atoms with Crippen molar-refractivity contribution in [2.75, 3.05) is 18.0 Å². The maximum Gasteiger partial charge on any atom is 0.416 e. The van der Waals surface area contributed by atoms with E-state index in [0.717, 1.165) is 62.3 Å². The van der Waals surface area contributed by atoms with E-state index in [1.165, 1.54) is 11.0 Å². The molecule has 0 spiro atoms. The van der Waals surface area contributed by atoms with E-state index >= 15 is 0 Å². The summed E-state index contributed by atoms with van der Waals surface area (Å²) in [6, 6.07) is 4.94. The Morgan fingerprint density at radius 2 is 1.95 bits per heavy atom. The molecular weight excluding hydrogens is 511 g/mol. The highest BCUT2D eigenvalue weighted by Crippen LogP contribution is 2.49. The molecule has 1 atom stereocenters. The van der Waals surface area contributed by atoms with Gasteiger partial charge in [0.1, 0.15) is 12.2 Å². The van der Waals surface area contributed by atoms with Crippen molar-refractivity contribution in [1.82, 2.24) is 19.7 Å². The van der Waals surface area contributed by atoms with Crippen molar-refractivity contribution in [2.45, 2.75) is 70.1 Å². The van der Waals surface area contributed by atoms with Gasteiger partial charge in [0.15, 0.2) is 0 Å². The Morgan fingerprint density at radius 3 is 2.63 bits per heavy atom. The van der Waals surface area contributed by atoms with Crippen molar-refractivity contribution < 1.29 is 18.0 Å². The lowest BCUT2D eigenvalue weighted by Gasteiger charge is -2.31. The molecule has 0 unspecified atom stereocenters. The van der Waals surface area contributed by atoms with Gasteiger partial charge >= 0.3 is 6.18 Å². The average molecular weight is 544 g/mol. The van der Waals surface area contributed by atoms with Crippen LogP contribution in [0.5, 0.6) is 0 Å². The van der Waals surface area contributed by atoms with E-state index < -0.39 is 11.7 Å². The molecule has 202 valence electrons. The highest BCUT2D eigenvalue weighted by atomic mass is 32.1. The molecule has 6 rings (SSSR count). The van der Waals surface area contributed by atoms with Crippen LogP contribution in [-0.4, -0.2) is 38.7 Å². The van der Waals surface area contributed by atoms with Crippen LogP contribution in [0.4, 0.5) is 18.9 Å². The predicted molar refractivity (Wildman–Crippen MR) is 140 cm³/mol. The lowest BCUT2D eigenvalue weighted by atomic mass is 9.83. The number of rotatable bonds is 5. The van der Waals surface area contributed by atoms with Crippen LogP contribution < -0.4 is 4.90 Å². The minimum absolute atomic E-state index is 0.0722. The molecule has 1 saturated carbocycles. The van der Waals surface area contributed by atoms with Gasteiger partial charge in [-0.3, -0.25) is 9.69 Å². The number of aryl methyl sites for hydroxylation is 1. The Bertz CT molecular complexity index is 1360. The third kappa shape index (κ3) is 4.35. The first-order chi connectivity index (χ1) is 18.2. The number of carbonyl (C=O) groups excluding carboxylic acids is 1. The Hall–Kier alpha value is -2.72. The summed E-state index contributed by atoms with van der Waals surface area (Å²) in [4.78, 5) is 18.4. The number of nitrogens with zero attached hydrogens (tertiary/aromatic N) is 5. The number of fused-ring (bicyclic) bond motifs is 1. The number of amides is 1. The largest absolute Gasteiger partial charge is 0.416 e. The molecule has 10 heteroatoms. The number of benzene rings is 1. The van der Waals surface area contributed by atoms with E-state index in [1.54, 1.807) is 23.7 Å². The summed E-state index contributed by atoms with van der Waals surface area (Å²) in [5.41, 5.74) is 0.497. The SMILES string of the molecule is C[C@H]1CCCN(Cc2cc3c(c(C(F)(F)F)c2)CN(c2csc(C4(c5nncn5C)CCCC4)c2)C3=O)C1. The molecule has 2 fully saturated rings. The fourth-order valence-corrected chi connectivity index (χ4v) is 7.86. The van der Waals surface area contributed by atoms with Crippen LogP contribution in [0.1, 0.15) is 83.2 Å². The molecule has 0 radical (unpaired) electrons. The van der Waals surface area contributed by atoms with Crippen molar-refractivity contribution in [3.8, 4) is 0 Å². The summed E-state index contributed by atoms with van der Waals surface area (Å²) in [6.45, 7) is 4.26. The number of alkyl halides is 3. The summed E-state index contributed by atoms with van der Waals surface area (Å²) in [6.07, 6.45) is 3.37. The van der Waals surface area contributed by atoms with Crippen molar-refractivity contribution in [2.24, 2.45) is 13.0 Å². The molecular formula is C28H32F3N5OS. The maximum atomic E-state index is 14.2. The van der Waals surface area contributed by atoms with E-state index in [1.807, 2.05) is 23.1 Å². The van der Waals surface area contributed by atoms with Gasteiger partial charge < -0.3 is 9.47 Å². The van der Waals surface area contributed by atoms with Crippen molar-refractivity contribution in [1.29, 1.82) is 0 Å². The number of aromatic nitrogens is 3. The number of carbonyl (C=O) groups is 1. The fraction of sp³-hybridized carbons (Fsp3) is 0.536. The molecule has 2 aliphatic heterocycles. The second-order valence-corrected chi connectivity index (χ2v) is 12.2. The Balaban J connectivity index is 1.33. The van der Waals surface area contributed by atoms with Gasteiger partial charge in [0, 0.05) is 36.0 Å². The zero-order valence-corrected chi connectivity index (χ0v) is 22.5. The van der Waals surface area contributed by atoms with Crippen LogP contribution in [0.2, 0.25) is 0 Å². The topological polar surface area (TPSA) is 54.3 Å². The Morgan fingerprint density at radius 1 is 1.16 bits per heavy atom. The molecule has 1 amide bonds. The molecule has 4 heterocycles. The number of thiophene rings is 1. The zero-order chi connectivity index (χ0) is 26.7. The van der Waals surface area contributed by atoms with Gasteiger partial charge in [-0.25, -0.2) is 0 Å². The second-order valence-electron chi connectivity index (χ2n) is 11.3. The minimum Gasteiger partial charge on any atom is -0.320 e. The normalized spacial score (nSPS) is 21.9. The van der Waals surface area contributed by atoms with E-state index in [4.69, 9.17) is 0 Å². The van der Waals surface area contributed by atoms with Crippen molar-refractivity contribution in [3.63, 3.8) is 0 Å². The first-order valence-corrected chi connectivity index (χ1v) is 14.2. The molecule has 1 aromatic carbocycles. The Kier molecular flexibility index (Phi) is 6.38. The first kappa shape index (κ1) is 25.6. The molecule has 1 saturated heterocycles. The molecule has 38 heavy (non-hydrogen) atoms. The summed E-state index contributed by atoms with van der Waals surface area (Å²) in [7, 11) is 1.94. The molecule has 3 aliphatic rings. The van der Waals surface area contributed by atoms with Crippen LogP contribution >= 0.6 is 11.3 Å². The molecule has 6 nitrogen and oxygen atoms in total. The molecule has 2 aromatic heterocycles.